The molecule has 3 amide bonds. The van der Waals surface area contributed by atoms with Gasteiger partial charge in [0.05, 0.1) is 13.2 Å². The highest BCUT2D eigenvalue weighted by atomic mass is 16.5. The summed E-state index contributed by atoms with van der Waals surface area (Å²) in [5.74, 6) is -0.387. The van der Waals surface area contributed by atoms with E-state index < -0.39 is 12.1 Å². The fourth-order valence-corrected chi connectivity index (χ4v) is 5.89. The Morgan fingerprint density at radius 2 is 2.11 bits per heavy atom. The number of benzene rings is 1. The number of likely N-dealkylation sites (tertiary alicyclic amines) is 1. The number of nitrogens with zero attached hydrogens (tertiary/aromatic N) is 1. The van der Waals surface area contributed by atoms with Crippen molar-refractivity contribution < 1.29 is 23.9 Å². The van der Waals surface area contributed by atoms with Gasteiger partial charge in [0, 0.05) is 42.2 Å². The number of carbonyl (C=O) groups excluding carboxylic acids is 4. The maximum atomic E-state index is 13.7. The van der Waals surface area contributed by atoms with E-state index in [0.717, 1.165) is 17.3 Å². The van der Waals surface area contributed by atoms with E-state index in [1.807, 2.05) is 24.3 Å². The molecule has 9 heteroatoms. The Labute approximate surface area is 209 Å². The molecule has 5 rings (SSSR count). The van der Waals surface area contributed by atoms with E-state index in [9.17, 15) is 19.2 Å². The number of ketones is 1. The number of hydrogen-bond donors (Lipinski definition) is 3. The molecule has 0 radical (unpaired) electrons. The molecule has 0 saturated carbocycles. The summed E-state index contributed by atoms with van der Waals surface area (Å²) in [5.41, 5.74) is 1.17. The maximum absolute atomic E-state index is 13.7. The van der Waals surface area contributed by atoms with Crippen LogP contribution in [0.15, 0.2) is 36.4 Å². The molecule has 9 nitrogen and oxygen atoms in total. The number of ether oxygens (including phenoxy) is 1. The number of aromatic nitrogens is 1. The van der Waals surface area contributed by atoms with Crippen LogP contribution in [0.4, 0.5) is 0 Å². The molecule has 0 unspecified atom stereocenters. The predicted molar refractivity (Wildman–Crippen MR) is 133 cm³/mol. The van der Waals surface area contributed by atoms with E-state index in [2.05, 4.69) is 21.7 Å². The van der Waals surface area contributed by atoms with E-state index in [1.54, 1.807) is 25.0 Å². The molecule has 2 aromatic rings. The average Bonchev–Trinajstić information content (AvgIpc) is 3.66. The zero-order chi connectivity index (χ0) is 25.4. The number of nitrogens with one attached hydrogen (secondary N) is 3. The van der Waals surface area contributed by atoms with Crippen LogP contribution >= 0.6 is 0 Å². The van der Waals surface area contributed by atoms with Crippen molar-refractivity contribution in [1.29, 1.82) is 0 Å². The van der Waals surface area contributed by atoms with Crippen molar-refractivity contribution in [1.82, 2.24) is 20.5 Å². The summed E-state index contributed by atoms with van der Waals surface area (Å²) in [5, 5.41) is 6.52. The van der Waals surface area contributed by atoms with Gasteiger partial charge in [0.1, 0.15) is 17.5 Å². The summed E-state index contributed by atoms with van der Waals surface area (Å²) in [6.07, 6.45) is 6.05. The Balaban J connectivity index is 1.40. The summed E-state index contributed by atoms with van der Waals surface area (Å²) in [7, 11) is 1.58. The molecule has 1 aliphatic carbocycles. The first-order valence-corrected chi connectivity index (χ1v) is 12.7. The van der Waals surface area contributed by atoms with Gasteiger partial charge < -0.3 is 25.3 Å². The summed E-state index contributed by atoms with van der Waals surface area (Å²) in [6.45, 7) is 2.79. The Hall–Kier alpha value is -3.62. The molecule has 3 heterocycles. The van der Waals surface area contributed by atoms with E-state index in [-0.39, 0.29) is 54.1 Å². The number of amides is 3. The fourth-order valence-electron chi connectivity index (χ4n) is 5.89. The van der Waals surface area contributed by atoms with Gasteiger partial charge in [0.25, 0.3) is 5.91 Å². The second-order valence-electron chi connectivity index (χ2n) is 9.90. The summed E-state index contributed by atoms with van der Waals surface area (Å²) >= 11 is 0. The van der Waals surface area contributed by atoms with Crippen LogP contribution in [-0.4, -0.2) is 65.7 Å². The van der Waals surface area contributed by atoms with E-state index >= 15 is 0 Å². The number of H-pyrrole nitrogens is 1. The first kappa shape index (κ1) is 24.1. The van der Waals surface area contributed by atoms with Crippen molar-refractivity contribution in [3.05, 3.63) is 42.1 Å². The van der Waals surface area contributed by atoms with Crippen LogP contribution in [0.25, 0.3) is 10.9 Å². The molecule has 0 spiro atoms. The SMILES string of the molecule is CCC(=O)[C@H](C[C@@H]1CCNC1=O)NC(=O)[C@@H]1[C@H]2C=CC[C@H]2CN1C(=O)c1cc2c(OC)cccc2[nH]1. The Bertz CT molecular complexity index is 1230. The van der Waals surface area contributed by atoms with Gasteiger partial charge in [-0.3, -0.25) is 19.2 Å². The number of allylic oxidation sites excluding steroid dienone is 1. The van der Waals surface area contributed by atoms with E-state index in [4.69, 9.17) is 4.74 Å². The van der Waals surface area contributed by atoms with Crippen LogP contribution in [0.1, 0.15) is 43.1 Å². The number of rotatable bonds is 8. The standard InChI is InChI=1S/C27H32N4O5/c1-3-22(32)20(12-15-10-11-28-25(15)33)30-26(34)24-17-7-4-6-16(17)14-31(24)27(35)21-13-18-19(29-21)8-5-9-23(18)36-2/h4-5,7-9,13,15-17,20,24,29H,3,6,10-12,14H2,1-2H3,(H,28,33)(H,30,34)/t15-,16-,17-,20-,24-/m0/s1. The quantitative estimate of drug-likeness (QED) is 0.488. The number of Topliss-reactive ketones (excluding diaryl/α,β-unsaturated/α-hetero) is 1. The number of methoxy groups -OCH3 is 1. The summed E-state index contributed by atoms with van der Waals surface area (Å²) in [6, 6.07) is 5.84. The molecule has 0 bridgehead atoms. The number of carbonyl (C=O) groups is 4. The normalized spacial score (nSPS) is 25.6. The molecular formula is C27H32N4O5. The smallest absolute Gasteiger partial charge is 0.271 e. The highest BCUT2D eigenvalue weighted by molar-refractivity contribution is 6.02. The second kappa shape index (κ2) is 9.79. The summed E-state index contributed by atoms with van der Waals surface area (Å²) in [4.78, 5) is 57.0. The van der Waals surface area contributed by atoms with Crippen molar-refractivity contribution in [2.45, 2.75) is 44.7 Å². The number of aromatic amines is 1. The lowest BCUT2D eigenvalue weighted by atomic mass is 9.91. The van der Waals surface area contributed by atoms with Crippen molar-refractivity contribution in [3.8, 4) is 5.75 Å². The minimum absolute atomic E-state index is 0.0798. The van der Waals surface area contributed by atoms with Gasteiger partial charge in [-0.25, -0.2) is 0 Å². The molecule has 1 aromatic heterocycles. The Morgan fingerprint density at radius 3 is 2.83 bits per heavy atom. The second-order valence-corrected chi connectivity index (χ2v) is 9.90. The number of fused-ring (bicyclic) bond motifs is 2. The molecular weight excluding hydrogens is 460 g/mol. The molecule has 1 aromatic carbocycles. The van der Waals surface area contributed by atoms with Crippen LogP contribution < -0.4 is 15.4 Å². The van der Waals surface area contributed by atoms with Gasteiger partial charge in [0.15, 0.2) is 5.78 Å². The van der Waals surface area contributed by atoms with Gasteiger partial charge in [-0.2, -0.15) is 0 Å². The molecule has 2 saturated heterocycles. The van der Waals surface area contributed by atoms with E-state index in [1.165, 1.54) is 0 Å². The lowest BCUT2D eigenvalue weighted by Gasteiger charge is -2.28. The van der Waals surface area contributed by atoms with Crippen LogP contribution in [0.3, 0.4) is 0 Å². The minimum atomic E-state index is -0.755. The highest BCUT2D eigenvalue weighted by Crippen LogP contribution is 2.39. The predicted octanol–water partition coefficient (Wildman–Crippen LogP) is 2.18. The van der Waals surface area contributed by atoms with Gasteiger partial charge in [-0.05, 0) is 43.4 Å². The fraction of sp³-hybridized carbons (Fsp3) is 0.481. The highest BCUT2D eigenvalue weighted by Gasteiger charge is 2.48. The molecule has 2 aliphatic heterocycles. The van der Waals surface area contributed by atoms with Crippen LogP contribution in [0.5, 0.6) is 5.75 Å². The lowest BCUT2D eigenvalue weighted by molar-refractivity contribution is -0.131. The number of hydrogen-bond acceptors (Lipinski definition) is 5. The molecule has 36 heavy (non-hydrogen) atoms. The van der Waals surface area contributed by atoms with Crippen molar-refractivity contribution in [2.75, 3.05) is 20.2 Å². The van der Waals surface area contributed by atoms with E-state index in [0.29, 0.717) is 31.0 Å². The molecule has 3 aliphatic rings. The van der Waals surface area contributed by atoms with Crippen LogP contribution in [0.2, 0.25) is 0 Å². The molecule has 5 atom stereocenters. The minimum Gasteiger partial charge on any atom is -0.496 e. The third-order valence-electron chi connectivity index (χ3n) is 7.81. The van der Waals surface area contributed by atoms with Crippen LogP contribution in [0, 0.1) is 17.8 Å². The van der Waals surface area contributed by atoms with Gasteiger partial charge in [-0.15, -0.1) is 0 Å². The third-order valence-corrected chi connectivity index (χ3v) is 7.81. The average molecular weight is 493 g/mol. The van der Waals surface area contributed by atoms with Crippen molar-refractivity contribution in [3.63, 3.8) is 0 Å². The topological polar surface area (TPSA) is 121 Å². The first-order valence-electron chi connectivity index (χ1n) is 12.7. The Kier molecular flexibility index (Phi) is 6.55. The largest absolute Gasteiger partial charge is 0.496 e. The van der Waals surface area contributed by atoms with Gasteiger partial charge in [0.2, 0.25) is 11.8 Å². The van der Waals surface area contributed by atoms with Gasteiger partial charge in [-0.1, -0.05) is 25.1 Å². The Morgan fingerprint density at radius 1 is 1.28 bits per heavy atom. The van der Waals surface area contributed by atoms with Crippen LogP contribution in [-0.2, 0) is 14.4 Å². The zero-order valence-corrected chi connectivity index (χ0v) is 20.6. The monoisotopic (exact) mass is 492 g/mol. The third kappa shape index (κ3) is 4.27. The maximum Gasteiger partial charge on any atom is 0.271 e. The lowest BCUT2D eigenvalue weighted by Crippen LogP contribution is -2.53. The summed E-state index contributed by atoms with van der Waals surface area (Å²) < 4.78 is 5.43. The first-order chi connectivity index (χ1) is 17.4. The molecule has 3 N–H and O–H groups in total. The van der Waals surface area contributed by atoms with Crippen molar-refractivity contribution >= 4 is 34.4 Å². The zero-order valence-electron chi connectivity index (χ0n) is 20.6. The molecule has 2 fully saturated rings. The van der Waals surface area contributed by atoms with Gasteiger partial charge >= 0.3 is 0 Å². The molecule has 190 valence electrons. The van der Waals surface area contributed by atoms with Crippen molar-refractivity contribution in [2.24, 2.45) is 17.8 Å².